The molecule has 0 aliphatic carbocycles. The van der Waals surface area contributed by atoms with Crippen LogP contribution in [0.25, 0.3) is 0 Å². The van der Waals surface area contributed by atoms with Gasteiger partial charge in [0.15, 0.2) is 0 Å². The Hall–Kier alpha value is -2.33. The molecular formula is C18H21NO3. The predicted octanol–water partition coefficient (Wildman–Crippen LogP) is 3.53. The van der Waals surface area contributed by atoms with Gasteiger partial charge < -0.3 is 15.2 Å². The van der Waals surface area contributed by atoms with E-state index in [0.717, 1.165) is 17.5 Å². The maximum Gasteiger partial charge on any atom is 0.255 e. The van der Waals surface area contributed by atoms with Crippen LogP contribution in [-0.2, 0) is 6.61 Å². The number of rotatable bonds is 6. The summed E-state index contributed by atoms with van der Waals surface area (Å²) in [5.74, 6) is 0.496. The highest BCUT2D eigenvalue weighted by molar-refractivity contribution is 6.04. The van der Waals surface area contributed by atoms with Crippen molar-refractivity contribution < 1.29 is 14.6 Å². The van der Waals surface area contributed by atoms with E-state index in [1.807, 2.05) is 32.0 Å². The Balaban J connectivity index is 2.15. The average Bonchev–Trinajstić information content (AvgIpc) is 2.55. The van der Waals surface area contributed by atoms with Gasteiger partial charge in [0.1, 0.15) is 5.75 Å². The lowest BCUT2D eigenvalue weighted by molar-refractivity contribution is 0.102. The second-order valence-electron chi connectivity index (χ2n) is 5.14. The molecule has 4 heteroatoms. The van der Waals surface area contributed by atoms with Crippen LogP contribution in [0.2, 0.25) is 0 Å². The predicted molar refractivity (Wildman–Crippen MR) is 87.3 cm³/mol. The lowest BCUT2D eigenvalue weighted by atomic mass is 10.1. The summed E-state index contributed by atoms with van der Waals surface area (Å²) < 4.78 is 5.54. The van der Waals surface area contributed by atoms with E-state index in [-0.39, 0.29) is 12.5 Å². The summed E-state index contributed by atoms with van der Waals surface area (Å²) in [6.07, 6.45) is 0.920. The van der Waals surface area contributed by atoms with Gasteiger partial charge in [-0.25, -0.2) is 0 Å². The molecule has 116 valence electrons. The van der Waals surface area contributed by atoms with Crippen molar-refractivity contribution in [3.05, 3.63) is 59.2 Å². The highest BCUT2D eigenvalue weighted by Gasteiger charge is 2.09. The van der Waals surface area contributed by atoms with E-state index in [9.17, 15) is 9.90 Å². The maximum absolute atomic E-state index is 12.4. The molecule has 0 spiro atoms. The number of amides is 1. The van der Waals surface area contributed by atoms with Crippen molar-refractivity contribution in [3.8, 4) is 5.75 Å². The molecule has 0 heterocycles. The van der Waals surface area contributed by atoms with Gasteiger partial charge in [-0.2, -0.15) is 0 Å². The van der Waals surface area contributed by atoms with Gasteiger partial charge in [-0.3, -0.25) is 4.79 Å². The van der Waals surface area contributed by atoms with Crippen LogP contribution in [0.3, 0.4) is 0 Å². The second-order valence-corrected chi connectivity index (χ2v) is 5.14. The largest absolute Gasteiger partial charge is 0.494 e. The highest BCUT2D eigenvalue weighted by atomic mass is 16.5. The van der Waals surface area contributed by atoms with E-state index in [2.05, 4.69) is 5.32 Å². The van der Waals surface area contributed by atoms with Crippen molar-refractivity contribution >= 4 is 11.6 Å². The molecule has 0 bridgehead atoms. The van der Waals surface area contributed by atoms with E-state index in [0.29, 0.717) is 23.6 Å². The summed E-state index contributed by atoms with van der Waals surface area (Å²) in [5.41, 5.74) is 2.96. The molecule has 0 saturated carbocycles. The normalized spacial score (nSPS) is 10.3. The van der Waals surface area contributed by atoms with Crippen molar-refractivity contribution in [2.45, 2.75) is 26.9 Å². The highest BCUT2D eigenvalue weighted by Crippen LogP contribution is 2.19. The van der Waals surface area contributed by atoms with Crippen LogP contribution in [0.1, 0.15) is 34.8 Å². The minimum atomic E-state index is -0.194. The number of hydrogen-bond donors (Lipinski definition) is 2. The molecule has 0 fully saturated rings. The molecule has 2 N–H and O–H groups in total. The standard InChI is InChI=1S/C18H21NO3/c1-3-9-22-16-6-4-5-15(11-16)18(21)19-17-10-14(12-20)8-7-13(17)2/h4-8,10-11,20H,3,9,12H2,1-2H3,(H,19,21). The number of nitrogens with one attached hydrogen (secondary N) is 1. The molecule has 22 heavy (non-hydrogen) atoms. The molecule has 2 aromatic rings. The summed E-state index contributed by atoms with van der Waals surface area (Å²) >= 11 is 0. The number of aliphatic hydroxyl groups is 1. The monoisotopic (exact) mass is 299 g/mol. The fourth-order valence-corrected chi connectivity index (χ4v) is 2.04. The Morgan fingerprint density at radius 3 is 2.77 bits per heavy atom. The Morgan fingerprint density at radius 2 is 2.05 bits per heavy atom. The van der Waals surface area contributed by atoms with E-state index >= 15 is 0 Å². The van der Waals surface area contributed by atoms with Crippen LogP contribution in [-0.4, -0.2) is 17.6 Å². The fraction of sp³-hybridized carbons (Fsp3) is 0.278. The number of carbonyl (C=O) groups excluding carboxylic acids is 1. The fourth-order valence-electron chi connectivity index (χ4n) is 2.04. The minimum absolute atomic E-state index is 0.0521. The molecule has 0 aromatic heterocycles. The van der Waals surface area contributed by atoms with Gasteiger partial charge in [-0.1, -0.05) is 25.1 Å². The summed E-state index contributed by atoms with van der Waals surface area (Å²) in [7, 11) is 0. The third-order valence-corrected chi connectivity index (χ3v) is 3.30. The van der Waals surface area contributed by atoms with Crippen LogP contribution in [0, 0.1) is 6.92 Å². The summed E-state index contributed by atoms with van der Waals surface area (Å²) in [6, 6.07) is 12.6. The van der Waals surface area contributed by atoms with Gasteiger partial charge in [-0.15, -0.1) is 0 Å². The van der Waals surface area contributed by atoms with Crippen LogP contribution in [0.4, 0.5) is 5.69 Å². The van der Waals surface area contributed by atoms with Crippen LogP contribution in [0.5, 0.6) is 5.75 Å². The first kappa shape index (κ1) is 16.0. The molecule has 1 amide bonds. The molecule has 0 atom stereocenters. The van der Waals surface area contributed by atoms with E-state index < -0.39 is 0 Å². The number of hydrogen-bond acceptors (Lipinski definition) is 3. The summed E-state index contributed by atoms with van der Waals surface area (Å²) in [5, 5.41) is 12.1. The zero-order chi connectivity index (χ0) is 15.9. The average molecular weight is 299 g/mol. The zero-order valence-corrected chi connectivity index (χ0v) is 12.9. The Labute approximate surface area is 130 Å². The molecule has 0 saturated heterocycles. The summed E-state index contributed by atoms with van der Waals surface area (Å²) in [4.78, 5) is 12.4. The van der Waals surface area contributed by atoms with Gasteiger partial charge in [0.05, 0.1) is 13.2 Å². The lowest BCUT2D eigenvalue weighted by Gasteiger charge is -2.11. The van der Waals surface area contributed by atoms with Crippen molar-refractivity contribution in [1.29, 1.82) is 0 Å². The number of ether oxygens (including phenoxy) is 1. The van der Waals surface area contributed by atoms with Crippen LogP contribution < -0.4 is 10.1 Å². The topological polar surface area (TPSA) is 58.6 Å². The maximum atomic E-state index is 12.4. The number of aliphatic hydroxyl groups excluding tert-OH is 1. The zero-order valence-electron chi connectivity index (χ0n) is 12.9. The third kappa shape index (κ3) is 4.09. The van der Waals surface area contributed by atoms with Gasteiger partial charge in [0.25, 0.3) is 5.91 Å². The third-order valence-electron chi connectivity index (χ3n) is 3.30. The van der Waals surface area contributed by atoms with Gasteiger partial charge in [0, 0.05) is 11.3 Å². The number of aryl methyl sites for hydroxylation is 1. The Kier molecular flexibility index (Phi) is 5.55. The minimum Gasteiger partial charge on any atom is -0.494 e. The molecular weight excluding hydrogens is 278 g/mol. The molecule has 4 nitrogen and oxygen atoms in total. The SMILES string of the molecule is CCCOc1cccc(C(=O)Nc2cc(CO)ccc2C)c1. The Morgan fingerprint density at radius 1 is 1.23 bits per heavy atom. The second kappa shape index (κ2) is 7.61. The van der Waals surface area contributed by atoms with E-state index in [4.69, 9.17) is 4.74 Å². The molecule has 0 radical (unpaired) electrons. The molecule has 0 aliphatic heterocycles. The van der Waals surface area contributed by atoms with Crippen LogP contribution in [0.15, 0.2) is 42.5 Å². The summed E-state index contributed by atoms with van der Waals surface area (Å²) in [6.45, 7) is 4.53. The quantitative estimate of drug-likeness (QED) is 0.858. The molecule has 0 unspecified atom stereocenters. The Bertz CT molecular complexity index is 653. The van der Waals surface area contributed by atoms with Crippen molar-refractivity contribution in [1.82, 2.24) is 0 Å². The first-order valence-corrected chi connectivity index (χ1v) is 7.38. The first-order valence-electron chi connectivity index (χ1n) is 7.38. The molecule has 2 rings (SSSR count). The number of benzene rings is 2. The van der Waals surface area contributed by atoms with E-state index in [1.54, 1.807) is 24.3 Å². The number of anilines is 1. The van der Waals surface area contributed by atoms with Gasteiger partial charge >= 0.3 is 0 Å². The van der Waals surface area contributed by atoms with Gasteiger partial charge in [-0.05, 0) is 48.7 Å². The smallest absolute Gasteiger partial charge is 0.255 e. The molecule has 0 aliphatic rings. The number of carbonyl (C=O) groups is 1. The van der Waals surface area contributed by atoms with Crippen LogP contribution >= 0.6 is 0 Å². The van der Waals surface area contributed by atoms with Crippen molar-refractivity contribution in [3.63, 3.8) is 0 Å². The van der Waals surface area contributed by atoms with Gasteiger partial charge in [0.2, 0.25) is 0 Å². The first-order chi connectivity index (χ1) is 10.6. The van der Waals surface area contributed by atoms with Crippen molar-refractivity contribution in [2.75, 3.05) is 11.9 Å². The lowest BCUT2D eigenvalue weighted by Crippen LogP contribution is -2.13. The molecule has 2 aromatic carbocycles. The van der Waals surface area contributed by atoms with E-state index in [1.165, 1.54) is 0 Å². The van der Waals surface area contributed by atoms with Crippen molar-refractivity contribution in [2.24, 2.45) is 0 Å².